The number of carbonyl (C=O) groups is 2. The molecule has 0 spiro atoms. The molecular formula is C19H18N6O2. The predicted octanol–water partition coefficient (Wildman–Crippen LogP) is 1.98. The topological polar surface area (TPSA) is 125 Å². The number of nitrogens with zero attached hydrogens (tertiary/aromatic N) is 4. The highest BCUT2D eigenvalue weighted by Gasteiger charge is 2.56. The Morgan fingerprint density at radius 1 is 1.33 bits per heavy atom. The van der Waals surface area contributed by atoms with Crippen LogP contribution in [0.2, 0.25) is 0 Å². The van der Waals surface area contributed by atoms with Gasteiger partial charge in [0.1, 0.15) is 22.7 Å². The van der Waals surface area contributed by atoms with Crippen molar-refractivity contribution >= 4 is 29.1 Å². The van der Waals surface area contributed by atoms with Crippen LogP contribution in [-0.2, 0) is 4.79 Å². The molecule has 2 aromatic rings. The van der Waals surface area contributed by atoms with Crippen molar-refractivity contribution in [2.24, 2.45) is 17.1 Å². The van der Waals surface area contributed by atoms with Crippen molar-refractivity contribution in [1.82, 2.24) is 9.97 Å². The quantitative estimate of drug-likeness (QED) is 0.838. The summed E-state index contributed by atoms with van der Waals surface area (Å²) in [5, 5.41) is 12.6. The van der Waals surface area contributed by atoms with Gasteiger partial charge in [-0.15, -0.1) is 0 Å². The molecule has 1 aliphatic carbocycles. The Balaban J connectivity index is 1.57. The molecular weight excluding hydrogens is 344 g/mol. The first-order valence-corrected chi connectivity index (χ1v) is 8.77. The number of nitriles is 1. The van der Waals surface area contributed by atoms with Crippen LogP contribution in [-0.4, -0.2) is 28.3 Å². The second kappa shape index (κ2) is 6.36. The summed E-state index contributed by atoms with van der Waals surface area (Å²) in [5.74, 6) is 0.345. The normalized spacial score (nSPS) is 21.7. The van der Waals surface area contributed by atoms with Crippen LogP contribution in [0.15, 0.2) is 36.5 Å². The zero-order valence-corrected chi connectivity index (χ0v) is 14.6. The minimum atomic E-state index is -0.881. The second-order valence-electron chi connectivity index (χ2n) is 6.86. The molecule has 1 saturated carbocycles. The van der Waals surface area contributed by atoms with Gasteiger partial charge in [0, 0.05) is 24.5 Å². The Bertz CT molecular complexity index is 965. The summed E-state index contributed by atoms with van der Waals surface area (Å²) >= 11 is 0. The molecule has 0 bridgehead atoms. The number of hydrogen-bond donors (Lipinski definition) is 2. The third kappa shape index (κ3) is 2.97. The fourth-order valence-electron chi connectivity index (χ4n) is 3.56. The minimum Gasteiger partial charge on any atom is -0.364 e. The standard InChI is InChI=1S/C19H18N6O2/c20-11-19(12-4-5-12)7-9-25(18(19)27)13-6-8-22-16(10-13)24-15-3-1-2-14(23-15)17(21)26/h1-3,6,8,10,12H,4-5,7,9H2,(H2,21,26)(H,22,23,24)/t19-/m1/s1. The highest BCUT2D eigenvalue weighted by atomic mass is 16.2. The van der Waals surface area contributed by atoms with Gasteiger partial charge in [-0.25, -0.2) is 9.97 Å². The number of nitrogens with two attached hydrogens (primary N) is 1. The lowest BCUT2D eigenvalue weighted by molar-refractivity contribution is -0.123. The predicted molar refractivity (Wildman–Crippen MR) is 98.0 cm³/mol. The summed E-state index contributed by atoms with van der Waals surface area (Å²) < 4.78 is 0. The van der Waals surface area contributed by atoms with Crippen LogP contribution < -0.4 is 16.0 Å². The molecule has 136 valence electrons. The van der Waals surface area contributed by atoms with E-state index in [0.29, 0.717) is 30.3 Å². The van der Waals surface area contributed by atoms with Crippen LogP contribution >= 0.6 is 0 Å². The zero-order valence-electron chi connectivity index (χ0n) is 14.6. The van der Waals surface area contributed by atoms with Gasteiger partial charge in [-0.3, -0.25) is 9.59 Å². The van der Waals surface area contributed by atoms with Crippen molar-refractivity contribution in [3.8, 4) is 6.07 Å². The molecule has 2 aromatic heterocycles. The summed E-state index contributed by atoms with van der Waals surface area (Å²) in [4.78, 5) is 34.2. The molecule has 3 N–H and O–H groups in total. The second-order valence-corrected chi connectivity index (χ2v) is 6.86. The van der Waals surface area contributed by atoms with Crippen molar-refractivity contribution in [3.05, 3.63) is 42.2 Å². The zero-order chi connectivity index (χ0) is 19.0. The van der Waals surface area contributed by atoms with E-state index in [2.05, 4.69) is 21.4 Å². The van der Waals surface area contributed by atoms with E-state index < -0.39 is 11.3 Å². The Hall–Kier alpha value is -3.47. The highest BCUT2D eigenvalue weighted by molar-refractivity contribution is 6.02. The molecule has 2 fully saturated rings. The van der Waals surface area contributed by atoms with Crippen molar-refractivity contribution in [3.63, 3.8) is 0 Å². The molecule has 0 unspecified atom stereocenters. The van der Waals surface area contributed by atoms with E-state index in [9.17, 15) is 14.9 Å². The van der Waals surface area contributed by atoms with Crippen LogP contribution in [0, 0.1) is 22.7 Å². The number of aromatic nitrogens is 2. The van der Waals surface area contributed by atoms with Crippen LogP contribution in [0.1, 0.15) is 29.8 Å². The first-order valence-electron chi connectivity index (χ1n) is 8.77. The van der Waals surface area contributed by atoms with E-state index in [1.54, 1.807) is 35.4 Å². The SMILES string of the molecule is N#C[C@@]1(C2CC2)CCN(c2ccnc(Nc3cccc(C(N)=O)n3)c2)C1=O. The Kier molecular flexibility index (Phi) is 4.00. The van der Waals surface area contributed by atoms with E-state index in [0.717, 1.165) is 12.8 Å². The Labute approximate surface area is 156 Å². The number of amides is 2. The fourth-order valence-corrected chi connectivity index (χ4v) is 3.56. The van der Waals surface area contributed by atoms with Gasteiger partial charge in [-0.05, 0) is 43.4 Å². The van der Waals surface area contributed by atoms with Crippen molar-refractivity contribution in [1.29, 1.82) is 5.26 Å². The molecule has 3 heterocycles. The van der Waals surface area contributed by atoms with Crippen LogP contribution in [0.3, 0.4) is 0 Å². The average Bonchev–Trinajstić information content (AvgIpc) is 3.46. The lowest BCUT2D eigenvalue weighted by Crippen LogP contribution is -2.35. The maximum absolute atomic E-state index is 12.9. The van der Waals surface area contributed by atoms with Gasteiger partial charge in [-0.2, -0.15) is 5.26 Å². The number of hydrogen-bond acceptors (Lipinski definition) is 6. The molecule has 1 aliphatic heterocycles. The van der Waals surface area contributed by atoms with Gasteiger partial charge in [0.05, 0.1) is 6.07 Å². The summed E-state index contributed by atoms with van der Waals surface area (Å²) in [6, 6.07) is 10.6. The van der Waals surface area contributed by atoms with E-state index in [4.69, 9.17) is 5.73 Å². The number of primary amides is 1. The maximum atomic E-state index is 12.9. The molecule has 8 heteroatoms. The van der Waals surface area contributed by atoms with Crippen molar-refractivity contribution in [2.75, 3.05) is 16.8 Å². The smallest absolute Gasteiger partial charge is 0.267 e. The molecule has 1 saturated heterocycles. The summed E-state index contributed by atoms with van der Waals surface area (Å²) in [6.45, 7) is 0.516. The van der Waals surface area contributed by atoms with E-state index in [-0.39, 0.29) is 17.5 Å². The lowest BCUT2D eigenvalue weighted by Gasteiger charge is -2.21. The monoisotopic (exact) mass is 362 g/mol. The molecule has 27 heavy (non-hydrogen) atoms. The Morgan fingerprint density at radius 3 is 2.85 bits per heavy atom. The highest BCUT2D eigenvalue weighted by Crippen LogP contribution is 2.51. The summed E-state index contributed by atoms with van der Waals surface area (Å²) in [6.07, 6.45) is 4.03. The molecule has 2 amide bonds. The van der Waals surface area contributed by atoms with Gasteiger partial charge in [-0.1, -0.05) is 6.07 Å². The van der Waals surface area contributed by atoms with E-state index >= 15 is 0 Å². The van der Waals surface area contributed by atoms with Gasteiger partial charge >= 0.3 is 0 Å². The van der Waals surface area contributed by atoms with Gasteiger partial charge in [0.25, 0.3) is 5.91 Å². The number of rotatable bonds is 5. The Morgan fingerprint density at radius 2 is 2.15 bits per heavy atom. The van der Waals surface area contributed by atoms with Crippen molar-refractivity contribution in [2.45, 2.75) is 19.3 Å². The first kappa shape index (κ1) is 17.0. The largest absolute Gasteiger partial charge is 0.364 e. The third-order valence-electron chi connectivity index (χ3n) is 5.14. The number of pyridine rings is 2. The summed E-state index contributed by atoms with van der Waals surface area (Å²) in [5.41, 5.74) is 5.20. The van der Waals surface area contributed by atoms with Gasteiger partial charge in [0.2, 0.25) is 5.91 Å². The first-order chi connectivity index (χ1) is 13.0. The molecule has 0 radical (unpaired) electrons. The van der Waals surface area contributed by atoms with Gasteiger partial charge < -0.3 is 16.0 Å². The minimum absolute atomic E-state index is 0.126. The van der Waals surface area contributed by atoms with Crippen LogP contribution in [0.5, 0.6) is 0 Å². The van der Waals surface area contributed by atoms with Crippen molar-refractivity contribution < 1.29 is 9.59 Å². The van der Waals surface area contributed by atoms with E-state index in [1.807, 2.05) is 0 Å². The maximum Gasteiger partial charge on any atom is 0.267 e. The number of anilines is 3. The van der Waals surface area contributed by atoms with Crippen LogP contribution in [0.4, 0.5) is 17.3 Å². The van der Waals surface area contributed by atoms with Crippen LogP contribution in [0.25, 0.3) is 0 Å². The molecule has 0 aromatic carbocycles. The fraction of sp³-hybridized carbons (Fsp3) is 0.316. The molecule has 1 atom stereocenters. The van der Waals surface area contributed by atoms with Gasteiger partial charge in [0.15, 0.2) is 0 Å². The molecule has 8 nitrogen and oxygen atoms in total. The number of carbonyl (C=O) groups excluding carboxylic acids is 2. The third-order valence-corrected chi connectivity index (χ3v) is 5.14. The number of nitrogens with one attached hydrogen (secondary N) is 1. The summed E-state index contributed by atoms with van der Waals surface area (Å²) in [7, 11) is 0. The lowest BCUT2D eigenvalue weighted by atomic mass is 9.83. The molecule has 2 aliphatic rings. The molecule has 4 rings (SSSR count). The van der Waals surface area contributed by atoms with E-state index in [1.165, 1.54) is 6.07 Å². The average molecular weight is 362 g/mol.